The summed E-state index contributed by atoms with van der Waals surface area (Å²) in [5.74, 6) is 2.72. The third-order valence-corrected chi connectivity index (χ3v) is 7.01. The summed E-state index contributed by atoms with van der Waals surface area (Å²) in [5.41, 5.74) is 6.63. The summed E-state index contributed by atoms with van der Waals surface area (Å²) in [6.45, 7) is 2.27. The fraction of sp³-hybridized carbons (Fsp3) is 0.276. The minimum Gasteiger partial charge on any atom is -0.497 e. The molecular weight excluding hydrogens is 448 g/mol. The van der Waals surface area contributed by atoms with Crippen molar-refractivity contribution in [3.05, 3.63) is 101 Å². The van der Waals surface area contributed by atoms with Crippen LogP contribution in [0, 0.1) is 0 Å². The van der Waals surface area contributed by atoms with Gasteiger partial charge in [0.15, 0.2) is 0 Å². The van der Waals surface area contributed by atoms with Crippen LogP contribution in [0.2, 0.25) is 0 Å². The van der Waals surface area contributed by atoms with Gasteiger partial charge in [0.2, 0.25) is 17.8 Å². The first kappa shape index (κ1) is 22.3. The van der Waals surface area contributed by atoms with Crippen LogP contribution in [0.1, 0.15) is 27.8 Å². The third-order valence-electron chi connectivity index (χ3n) is 7.01. The van der Waals surface area contributed by atoms with Crippen molar-refractivity contribution in [3.8, 4) is 5.75 Å². The van der Waals surface area contributed by atoms with Gasteiger partial charge in [0.05, 0.1) is 7.11 Å². The summed E-state index contributed by atoms with van der Waals surface area (Å²) in [7, 11) is 1.68. The molecule has 6 rings (SSSR count). The number of aromatic nitrogens is 3. The van der Waals surface area contributed by atoms with E-state index in [0.717, 1.165) is 43.7 Å². The molecule has 1 aromatic heterocycles. The van der Waals surface area contributed by atoms with Crippen LogP contribution >= 0.6 is 0 Å². The van der Waals surface area contributed by atoms with E-state index in [-0.39, 0.29) is 6.04 Å². The third kappa shape index (κ3) is 4.82. The van der Waals surface area contributed by atoms with Crippen LogP contribution in [-0.4, -0.2) is 34.6 Å². The van der Waals surface area contributed by atoms with Crippen molar-refractivity contribution in [2.75, 3.05) is 29.2 Å². The Kier molecular flexibility index (Phi) is 6.11. The molecule has 4 aromatic rings. The number of nitrogens with one attached hydrogen (secondary N) is 2. The maximum atomic E-state index is 5.37. The van der Waals surface area contributed by atoms with E-state index in [1.54, 1.807) is 7.11 Å². The van der Waals surface area contributed by atoms with Gasteiger partial charge in [-0.25, -0.2) is 0 Å². The first-order chi connectivity index (χ1) is 17.7. The Morgan fingerprint density at radius 2 is 1.56 bits per heavy atom. The summed E-state index contributed by atoms with van der Waals surface area (Å²) < 4.78 is 5.37. The molecule has 0 atom stereocenters. The number of rotatable bonds is 7. The van der Waals surface area contributed by atoms with Crippen LogP contribution in [0.5, 0.6) is 5.75 Å². The molecule has 182 valence electrons. The quantitative estimate of drug-likeness (QED) is 0.401. The monoisotopic (exact) mass is 478 g/mol. The predicted octanol–water partition coefficient (Wildman–Crippen LogP) is 4.63. The Hall–Kier alpha value is -4.13. The summed E-state index contributed by atoms with van der Waals surface area (Å²) in [4.78, 5) is 16.7. The molecule has 0 radical (unpaired) electrons. The highest BCUT2D eigenvalue weighted by Crippen LogP contribution is 2.26. The number of nitrogens with zero attached hydrogens (tertiary/aromatic N) is 4. The Morgan fingerprint density at radius 3 is 2.33 bits per heavy atom. The van der Waals surface area contributed by atoms with Crippen molar-refractivity contribution < 1.29 is 4.74 Å². The van der Waals surface area contributed by atoms with E-state index in [1.165, 1.54) is 22.3 Å². The van der Waals surface area contributed by atoms with E-state index in [9.17, 15) is 0 Å². The van der Waals surface area contributed by atoms with Gasteiger partial charge in [-0.05, 0) is 59.2 Å². The smallest absolute Gasteiger partial charge is 0.232 e. The summed E-state index contributed by atoms with van der Waals surface area (Å²) >= 11 is 0. The van der Waals surface area contributed by atoms with Crippen LogP contribution in [0.4, 0.5) is 17.8 Å². The molecule has 2 N–H and O–H groups in total. The van der Waals surface area contributed by atoms with E-state index < -0.39 is 0 Å². The Morgan fingerprint density at radius 1 is 0.833 bits per heavy atom. The molecule has 0 spiro atoms. The molecule has 0 fully saturated rings. The van der Waals surface area contributed by atoms with Crippen molar-refractivity contribution in [2.24, 2.45) is 0 Å². The predicted molar refractivity (Wildman–Crippen MR) is 143 cm³/mol. The summed E-state index contributed by atoms with van der Waals surface area (Å²) in [5, 5.41) is 7.00. The van der Waals surface area contributed by atoms with Gasteiger partial charge in [0, 0.05) is 25.7 Å². The van der Waals surface area contributed by atoms with Gasteiger partial charge in [-0.1, -0.05) is 60.7 Å². The van der Waals surface area contributed by atoms with E-state index in [4.69, 9.17) is 19.7 Å². The highest BCUT2D eigenvalue weighted by molar-refractivity contribution is 5.48. The summed E-state index contributed by atoms with van der Waals surface area (Å²) in [6, 6.07) is 25.5. The lowest BCUT2D eigenvalue weighted by Gasteiger charge is -2.29. The molecule has 1 aliphatic carbocycles. The lowest BCUT2D eigenvalue weighted by molar-refractivity contribution is 0.414. The van der Waals surface area contributed by atoms with Crippen molar-refractivity contribution in [2.45, 2.75) is 38.4 Å². The second kappa shape index (κ2) is 9.85. The van der Waals surface area contributed by atoms with Gasteiger partial charge in [0.1, 0.15) is 5.75 Å². The first-order valence-electron chi connectivity index (χ1n) is 12.5. The van der Waals surface area contributed by atoms with Gasteiger partial charge in [-0.15, -0.1) is 0 Å². The fourth-order valence-electron chi connectivity index (χ4n) is 5.12. The van der Waals surface area contributed by atoms with Crippen molar-refractivity contribution in [3.63, 3.8) is 0 Å². The van der Waals surface area contributed by atoms with E-state index in [0.29, 0.717) is 24.4 Å². The molecule has 7 nitrogen and oxygen atoms in total. The number of fused-ring (bicyclic) bond motifs is 2. The van der Waals surface area contributed by atoms with Gasteiger partial charge < -0.3 is 20.3 Å². The van der Waals surface area contributed by atoms with Gasteiger partial charge >= 0.3 is 0 Å². The SMILES string of the molecule is COc1cccc(CNc2nc(NC3Cc4ccccc4C3)nc(N3CCc4ccccc4C3)n2)c1. The zero-order valence-electron chi connectivity index (χ0n) is 20.4. The number of anilines is 3. The van der Waals surface area contributed by atoms with Crippen molar-refractivity contribution in [1.29, 1.82) is 0 Å². The highest BCUT2D eigenvalue weighted by atomic mass is 16.5. The van der Waals surface area contributed by atoms with Gasteiger partial charge in [-0.2, -0.15) is 15.0 Å². The normalized spacial score (nSPS) is 14.8. The number of hydrogen-bond donors (Lipinski definition) is 2. The number of ether oxygens (including phenoxy) is 1. The Balaban J connectivity index is 1.25. The Bertz CT molecular complexity index is 1350. The van der Waals surface area contributed by atoms with Crippen molar-refractivity contribution in [1.82, 2.24) is 15.0 Å². The minimum absolute atomic E-state index is 0.269. The molecule has 2 heterocycles. The zero-order valence-corrected chi connectivity index (χ0v) is 20.4. The van der Waals surface area contributed by atoms with E-state index in [2.05, 4.69) is 70.1 Å². The molecular formula is C29H30N6O. The standard InChI is InChI=1S/C29H30N6O/c1-36-26-12-6-7-20(15-26)18-30-27-32-28(31-25-16-22-9-3-4-10-23(22)17-25)34-29(33-27)35-14-13-21-8-2-5-11-24(21)19-35/h2-12,15,25H,13-14,16-19H2,1H3,(H2,30,31,32,33,34). The van der Waals surface area contributed by atoms with Crippen LogP contribution < -0.4 is 20.3 Å². The molecule has 2 aliphatic rings. The second-order valence-electron chi connectivity index (χ2n) is 9.45. The maximum Gasteiger partial charge on any atom is 0.232 e. The lowest BCUT2D eigenvalue weighted by Crippen LogP contribution is -2.32. The minimum atomic E-state index is 0.269. The molecule has 1 aliphatic heterocycles. The first-order valence-corrected chi connectivity index (χ1v) is 12.5. The largest absolute Gasteiger partial charge is 0.497 e. The highest BCUT2D eigenvalue weighted by Gasteiger charge is 2.24. The molecule has 3 aromatic carbocycles. The Labute approximate surface area is 211 Å². The number of methoxy groups -OCH3 is 1. The van der Waals surface area contributed by atoms with Crippen LogP contribution in [0.15, 0.2) is 72.8 Å². The maximum absolute atomic E-state index is 5.37. The number of benzene rings is 3. The van der Waals surface area contributed by atoms with Crippen molar-refractivity contribution >= 4 is 17.8 Å². The van der Waals surface area contributed by atoms with Gasteiger partial charge in [-0.3, -0.25) is 0 Å². The summed E-state index contributed by atoms with van der Waals surface area (Å²) in [6.07, 6.45) is 2.93. The lowest BCUT2D eigenvalue weighted by atomic mass is 10.0. The topological polar surface area (TPSA) is 75.2 Å². The molecule has 0 unspecified atom stereocenters. The van der Waals surface area contributed by atoms with E-state index >= 15 is 0 Å². The van der Waals surface area contributed by atoms with Crippen LogP contribution in [-0.2, 0) is 32.4 Å². The molecule has 36 heavy (non-hydrogen) atoms. The van der Waals surface area contributed by atoms with E-state index in [1.807, 2.05) is 18.2 Å². The average Bonchev–Trinajstić information content (AvgIpc) is 3.34. The molecule has 0 bridgehead atoms. The van der Waals surface area contributed by atoms with Gasteiger partial charge in [0.25, 0.3) is 0 Å². The molecule has 0 saturated carbocycles. The molecule has 0 amide bonds. The second-order valence-corrected chi connectivity index (χ2v) is 9.45. The van der Waals surface area contributed by atoms with Crippen LogP contribution in [0.3, 0.4) is 0 Å². The molecule has 7 heteroatoms. The zero-order chi connectivity index (χ0) is 24.3. The number of hydrogen-bond acceptors (Lipinski definition) is 7. The fourth-order valence-corrected chi connectivity index (χ4v) is 5.12. The molecule has 0 saturated heterocycles. The average molecular weight is 479 g/mol. The van der Waals surface area contributed by atoms with Crippen LogP contribution in [0.25, 0.3) is 0 Å².